The van der Waals surface area contributed by atoms with E-state index in [9.17, 15) is 0 Å². The van der Waals surface area contributed by atoms with Gasteiger partial charge in [0.15, 0.2) is 0 Å². The zero-order chi connectivity index (χ0) is 13.7. The van der Waals surface area contributed by atoms with Crippen LogP contribution in [0, 0.1) is 0 Å². The van der Waals surface area contributed by atoms with Gasteiger partial charge in [0.1, 0.15) is 11.5 Å². The van der Waals surface area contributed by atoms with E-state index < -0.39 is 0 Å². The summed E-state index contributed by atoms with van der Waals surface area (Å²) in [7, 11) is 1.67. The Morgan fingerprint density at radius 1 is 1.32 bits per heavy atom. The predicted octanol–water partition coefficient (Wildman–Crippen LogP) is 2.77. The molecule has 1 aromatic heterocycles. The normalized spacial score (nSPS) is 10.5. The van der Waals surface area contributed by atoms with Crippen molar-refractivity contribution in [2.24, 2.45) is 5.73 Å². The Balaban J connectivity index is 2.30. The van der Waals surface area contributed by atoms with Crippen LogP contribution in [0.15, 0.2) is 41.0 Å². The molecule has 0 unspecified atom stereocenters. The number of hydrogen-bond donors (Lipinski definition) is 1. The van der Waals surface area contributed by atoms with E-state index in [-0.39, 0.29) is 0 Å². The molecule has 1 heterocycles. The fourth-order valence-electron chi connectivity index (χ4n) is 2.10. The number of furan rings is 1. The molecule has 4 heteroatoms. The van der Waals surface area contributed by atoms with E-state index in [1.54, 1.807) is 13.4 Å². The van der Waals surface area contributed by atoms with Gasteiger partial charge in [0.25, 0.3) is 0 Å². The minimum atomic E-state index is 0.508. The number of methoxy groups -OCH3 is 1. The third-order valence-corrected chi connectivity index (χ3v) is 3.16. The third kappa shape index (κ3) is 3.09. The first kappa shape index (κ1) is 13.5. The smallest absolute Gasteiger partial charge is 0.123 e. The van der Waals surface area contributed by atoms with Gasteiger partial charge >= 0.3 is 0 Å². The molecule has 0 aliphatic heterocycles. The molecule has 0 bridgehead atoms. The third-order valence-electron chi connectivity index (χ3n) is 3.16. The van der Waals surface area contributed by atoms with Crippen molar-refractivity contribution in [1.82, 2.24) is 0 Å². The van der Waals surface area contributed by atoms with Crippen LogP contribution in [0.5, 0.6) is 5.75 Å². The summed E-state index contributed by atoms with van der Waals surface area (Å²) < 4.78 is 10.7. The second-order valence-corrected chi connectivity index (χ2v) is 4.29. The standard InChI is InChI=1S/C15H20N2O2/c1-3-17(11-14-5-4-8-19-14)15-9-13(18-2)7-6-12(15)10-16/h4-9H,3,10-11,16H2,1-2H3. The molecule has 2 N–H and O–H groups in total. The van der Waals surface area contributed by atoms with E-state index in [1.165, 1.54) is 0 Å². The lowest BCUT2D eigenvalue weighted by atomic mass is 10.1. The fraction of sp³-hybridized carbons (Fsp3) is 0.333. The van der Waals surface area contributed by atoms with Crippen molar-refractivity contribution in [3.8, 4) is 5.75 Å². The summed E-state index contributed by atoms with van der Waals surface area (Å²) in [4.78, 5) is 2.23. The lowest BCUT2D eigenvalue weighted by Gasteiger charge is -2.25. The summed E-state index contributed by atoms with van der Waals surface area (Å²) in [5.74, 6) is 1.78. The van der Waals surface area contributed by atoms with Crippen molar-refractivity contribution >= 4 is 5.69 Å². The molecule has 0 atom stereocenters. The Morgan fingerprint density at radius 2 is 2.16 bits per heavy atom. The van der Waals surface area contributed by atoms with Gasteiger partial charge in [-0.2, -0.15) is 0 Å². The van der Waals surface area contributed by atoms with E-state index in [1.807, 2.05) is 30.3 Å². The van der Waals surface area contributed by atoms with Gasteiger partial charge in [-0.05, 0) is 30.7 Å². The van der Waals surface area contributed by atoms with Crippen LogP contribution in [0.4, 0.5) is 5.69 Å². The van der Waals surface area contributed by atoms with Crippen LogP contribution in [0.3, 0.4) is 0 Å². The SMILES string of the molecule is CCN(Cc1ccco1)c1cc(OC)ccc1CN. The second-order valence-electron chi connectivity index (χ2n) is 4.29. The lowest BCUT2D eigenvalue weighted by Crippen LogP contribution is -2.23. The second kappa shape index (κ2) is 6.29. The van der Waals surface area contributed by atoms with Gasteiger partial charge in [-0.3, -0.25) is 0 Å². The molecule has 0 saturated heterocycles. The lowest BCUT2D eigenvalue weighted by molar-refractivity contribution is 0.414. The largest absolute Gasteiger partial charge is 0.497 e. The van der Waals surface area contributed by atoms with Crippen molar-refractivity contribution in [3.63, 3.8) is 0 Å². The fourth-order valence-corrected chi connectivity index (χ4v) is 2.10. The maximum absolute atomic E-state index is 5.82. The van der Waals surface area contributed by atoms with Gasteiger partial charge < -0.3 is 19.8 Å². The monoisotopic (exact) mass is 260 g/mol. The van der Waals surface area contributed by atoms with Gasteiger partial charge in [0.2, 0.25) is 0 Å². The van der Waals surface area contributed by atoms with Crippen molar-refractivity contribution in [2.45, 2.75) is 20.0 Å². The Bertz CT molecular complexity index is 509. The molecule has 0 amide bonds. The molecular formula is C15H20N2O2. The van der Waals surface area contributed by atoms with Crippen molar-refractivity contribution in [2.75, 3.05) is 18.6 Å². The molecule has 0 radical (unpaired) electrons. The number of anilines is 1. The Morgan fingerprint density at radius 3 is 2.74 bits per heavy atom. The first-order valence-corrected chi connectivity index (χ1v) is 6.42. The van der Waals surface area contributed by atoms with E-state index >= 15 is 0 Å². The zero-order valence-electron chi connectivity index (χ0n) is 11.4. The van der Waals surface area contributed by atoms with E-state index in [4.69, 9.17) is 14.9 Å². The van der Waals surface area contributed by atoms with Crippen LogP contribution >= 0.6 is 0 Å². The number of nitrogens with two attached hydrogens (primary N) is 1. The molecule has 19 heavy (non-hydrogen) atoms. The number of benzene rings is 1. The molecule has 0 aliphatic carbocycles. The molecule has 0 fully saturated rings. The summed E-state index contributed by atoms with van der Waals surface area (Å²) in [6, 6.07) is 9.85. The summed E-state index contributed by atoms with van der Waals surface area (Å²) in [5, 5.41) is 0. The van der Waals surface area contributed by atoms with Crippen LogP contribution in [-0.4, -0.2) is 13.7 Å². The number of nitrogens with zero attached hydrogens (tertiary/aromatic N) is 1. The van der Waals surface area contributed by atoms with Crippen molar-refractivity contribution in [1.29, 1.82) is 0 Å². The summed E-state index contributed by atoms with van der Waals surface area (Å²) >= 11 is 0. The minimum absolute atomic E-state index is 0.508. The molecule has 4 nitrogen and oxygen atoms in total. The van der Waals surface area contributed by atoms with Crippen LogP contribution in [0.25, 0.3) is 0 Å². The number of hydrogen-bond acceptors (Lipinski definition) is 4. The average Bonchev–Trinajstić information content (AvgIpc) is 2.97. The average molecular weight is 260 g/mol. The maximum atomic E-state index is 5.82. The van der Waals surface area contributed by atoms with Gasteiger partial charge in [-0.25, -0.2) is 0 Å². The molecule has 1 aromatic carbocycles. The highest BCUT2D eigenvalue weighted by Gasteiger charge is 2.12. The molecule has 0 saturated carbocycles. The van der Waals surface area contributed by atoms with Crippen LogP contribution in [0.2, 0.25) is 0 Å². The first-order valence-electron chi connectivity index (χ1n) is 6.42. The molecule has 0 aliphatic rings. The number of ether oxygens (including phenoxy) is 1. The molecular weight excluding hydrogens is 240 g/mol. The quantitative estimate of drug-likeness (QED) is 0.867. The highest BCUT2D eigenvalue weighted by Crippen LogP contribution is 2.27. The molecule has 2 rings (SSSR count). The molecule has 0 spiro atoms. The van der Waals surface area contributed by atoms with Gasteiger partial charge in [0, 0.05) is 24.8 Å². The maximum Gasteiger partial charge on any atom is 0.123 e. The molecule has 102 valence electrons. The summed E-state index contributed by atoms with van der Waals surface area (Å²) in [5.41, 5.74) is 8.02. The predicted molar refractivity (Wildman–Crippen MR) is 76.3 cm³/mol. The van der Waals surface area contributed by atoms with Crippen LogP contribution < -0.4 is 15.4 Å². The van der Waals surface area contributed by atoms with Gasteiger partial charge in [-0.1, -0.05) is 6.07 Å². The first-order chi connectivity index (χ1) is 9.28. The highest BCUT2D eigenvalue weighted by molar-refractivity contribution is 5.57. The summed E-state index contributed by atoms with van der Waals surface area (Å²) in [6.07, 6.45) is 1.69. The van der Waals surface area contributed by atoms with E-state index in [0.717, 1.165) is 35.9 Å². The highest BCUT2D eigenvalue weighted by atomic mass is 16.5. The van der Waals surface area contributed by atoms with E-state index in [0.29, 0.717) is 6.54 Å². The van der Waals surface area contributed by atoms with Crippen molar-refractivity contribution < 1.29 is 9.15 Å². The molecule has 2 aromatic rings. The minimum Gasteiger partial charge on any atom is -0.497 e. The van der Waals surface area contributed by atoms with Gasteiger partial charge in [0.05, 0.1) is 19.9 Å². The Kier molecular flexibility index (Phi) is 4.47. The Hall–Kier alpha value is -1.94. The zero-order valence-corrected chi connectivity index (χ0v) is 11.4. The Labute approximate surface area is 113 Å². The van der Waals surface area contributed by atoms with Crippen molar-refractivity contribution in [3.05, 3.63) is 47.9 Å². The van der Waals surface area contributed by atoms with E-state index in [2.05, 4.69) is 11.8 Å². The summed E-state index contributed by atoms with van der Waals surface area (Å²) in [6.45, 7) is 4.22. The van der Waals surface area contributed by atoms with Crippen LogP contribution in [0.1, 0.15) is 18.2 Å². The number of rotatable bonds is 6. The van der Waals surface area contributed by atoms with Gasteiger partial charge in [-0.15, -0.1) is 0 Å². The van der Waals surface area contributed by atoms with Crippen LogP contribution in [-0.2, 0) is 13.1 Å². The topological polar surface area (TPSA) is 51.6 Å².